The average Bonchev–Trinajstić information content (AvgIpc) is 3.23. The number of hydrogen-bond donors (Lipinski definition) is 2. The minimum absolute atomic E-state index is 0.101. The summed E-state index contributed by atoms with van der Waals surface area (Å²) in [5.74, 6) is -0.771. The molecule has 0 unspecified atom stereocenters. The molecule has 4 rings (SSSR count). The van der Waals surface area contributed by atoms with Gasteiger partial charge in [0.1, 0.15) is 6.04 Å². The van der Waals surface area contributed by atoms with E-state index in [1.807, 2.05) is 6.07 Å². The number of nitrogens with one attached hydrogen (secondary N) is 1. The Labute approximate surface area is 164 Å². The summed E-state index contributed by atoms with van der Waals surface area (Å²) in [7, 11) is 0. The van der Waals surface area contributed by atoms with Crippen molar-refractivity contribution in [3.05, 3.63) is 34.2 Å². The summed E-state index contributed by atoms with van der Waals surface area (Å²) in [5.41, 5.74) is 0.668. The largest absolute Gasteiger partial charge is 0.396 e. The SMILES string of the molecule is CCC(=O)N1[C@H](C(=O)NC2CCCCC2)[C@@H](CO)[C@@H]2Cn3c(cccc3=O)[C@@H]21. The Balaban J connectivity index is 1.68. The summed E-state index contributed by atoms with van der Waals surface area (Å²) in [6.45, 7) is 2.04. The van der Waals surface area contributed by atoms with Crippen LogP contribution in [-0.4, -0.2) is 45.1 Å². The standard InChI is InChI=1S/C21H29N3O4/c1-2-17(26)24-19-14(11-23-16(19)9-6-10-18(23)27)15(12-25)20(24)21(28)22-13-7-4-3-5-8-13/h6,9-10,13-15,19-20,25H,2-5,7-8,11-12H2,1H3,(H,22,28)/t14-,15-,19+,20-/m0/s1. The third kappa shape index (κ3) is 3.05. The number of aliphatic hydroxyl groups excluding tert-OH is 1. The Morgan fingerprint density at radius 1 is 1.21 bits per heavy atom. The molecule has 2 fully saturated rings. The highest BCUT2D eigenvalue weighted by Crippen LogP contribution is 2.49. The summed E-state index contributed by atoms with van der Waals surface area (Å²) in [6, 6.07) is 4.21. The van der Waals surface area contributed by atoms with Crippen LogP contribution in [0.4, 0.5) is 0 Å². The van der Waals surface area contributed by atoms with Gasteiger partial charge in [-0.15, -0.1) is 0 Å². The zero-order chi connectivity index (χ0) is 19.8. The zero-order valence-corrected chi connectivity index (χ0v) is 16.3. The Bertz CT molecular complexity index is 814. The van der Waals surface area contributed by atoms with Crippen LogP contribution in [-0.2, 0) is 16.1 Å². The maximum atomic E-state index is 13.2. The molecule has 7 heteroatoms. The number of rotatable bonds is 4. The third-order valence-electron chi connectivity index (χ3n) is 6.76. The molecular formula is C21H29N3O4. The molecule has 2 amide bonds. The van der Waals surface area contributed by atoms with E-state index >= 15 is 0 Å². The lowest BCUT2D eigenvalue weighted by Crippen LogP contribution is -2.52. The van der Waals surface area contributed by atoms with Gasteiger partial charge >= 0.3 is 0 Å². The minimum atomic E-state index is -0.682. The van der Waals surface area contributed by atoms with Crippen LogP contribution in [0.3, 0.4) is 0 Å². The van der Waals surface area contributed by atoms with Gasteiger partial charge in [-0.1, -0.05) is 32.3 Å². The molecule has 4 atom stereocenters. The summed E-state index contributed by atoms with van der Waals surface area (Å²) >= 11 is 0. The van der Waals surface area contributed by atoms with Gasteiger partial charge in [-0.3, -0.25) is 14.4 Å². The van der Waals surface area contributed by atoms with Crippen LogP contribution in [0.2, 0.25) is 0 Å². The predicted octanol–water partition coefficient (Wildman–Crippen LogP) is 1.20. The maximum absolute atomic E-state index is 13.2. The molecule has 1 aliphatic carbocycles. The highest BCUT2D eigenvalue weighted by Gasteiger charge is 2.56. The van der Waals surface area contributed by atoms with E-state index in [0.29, 0.717) is 6.54 Å². The molecule has 28 heavy (non-hydrogen) atoms. The predicted molar refractivity (Wildman–Crippen MR) is 103 cm³/mol. The van der Waals surface area contributed by atoms with E-state index < -0.39 is 6.04 Å². The Kier molecular flexibility index (Phi) is 5.27. The molecule has 0 radical (unpaired) electrons. The number of carbonyl (C=O) groups is 2. The Morgan fingerprint density at radius 2 is 1.96 bits per heavy atom. The van der Waals surface area contributed by atoms with Gasteiger partial charge in [0, 0.05) is 49.2 Å². The van der Waals surface area contributed by atoms with E-state index in [0.717, 1.165) is 31.4 Å². The van der Waals surface area contributed by atoms with E-state index in [2.05, 4.69) is 5.32 Å². The van der Waals surface area contributed by atoms with Crippen molar-refractivity contribution in [1.82, 2.24) is 14.8 Å². The molecule has 3 heterocycles. The van der Waals surface area contributed by atoms with Gasteiger partial charge in [-0.05, 0) is 18.9 Å². The first-order valence-electron chi connectivity index (χ1n) is 10.5. The number of amides is 2. The van der Waals surface area contributed by atoms with Gasteiger partial charge in [-0.2, -0.15) is 0 Å². The molecule has 2 N–H and O–H groups in total. The van der Waals surface area contributed by atoms with Gasteiger partial charge in [0.25, 0.3) is 5.56 Å². The topological polar surface area (TPSA) is 91.6 Å². The number of nitrogens with zero attached hydrogens (tertiary/aromatic N) is 2. The number of carbonyl (C=O) groups excluding carboxylic acids is 2. The molecule has 2 aliphatic heterocycles. The lowest BCUT2D eigenvalue weighted by atomic mass is 9.87. The van der Waals surface area contributed by atoms with E-state index in [-0.39, 0.29) is 54.3 Å². The fourth-order valence-corrected chi connectivity index (χ4v) is 5.43. The van der Waals surface area contributed by atoms with Crippen LogP contribution in [0, 0.1) is 11.8 Å². The lowest BCUT2D eigenvalue weighted by Gasteiger charge is -2.32. The smallest absolute Gasteiger partial charge is 0.250 e. The summed E-state index contributed by atoms with van der Waals surface area (Å²) in [4.78, 5) is 40.1. The monoisotopic (exact) mass is 387 g/mol. The first kappa shape index (κ1) is 19.2. The van der Waals surface area contributed by atoms with Crippen molar-refractivity contribution in [2.45, 2.75) is 70.1 Å². The van der Waals surface area contributed by atoms with Crippen molar-refractivity contribution in [2.24, 2.45) is 11.8 Å². The number of likely N-dealkylation sites (tertiary alicyclic amines) is 1. The fraction of sp³-hybridized carbons (Fsp3) is 0.667. The van der Waals surface area contributed by atoms with Crippen molar-refractivity contribution in [3.63, 3.8) is 0 Å². The van der Waals surface area contributed by atoms with Crippen LogP contribution in [0.25, 0.3) is 0 Å². The van der Waals surface area contributed by atoms with Crippen LogP contribution in [0.15, 0.2) is 23.0 Å². The molecule has 1 aromatic heterocycles. The highest BCUT2D eigenvalue weighted by atomic mass is 16.3. The zero-order valence-electron chi connectivity index (χ0n) is 16.3. The second-order valence-corrected chi connectivity index (χ2v) is 8.30. The number of aromatic nitrogens is 1. The Hall–Kier alpha value is -2.15. The molecule has 0 spiro atoms. The van der Waals surface area contributed by atoms with Crippen LogP contribution < -0.4 is 10.9 Å². The molecule has 3 aliphatic rings. The number of fused-ring (bicyclic) bond motifs is 3. The quantitative estimate of drug-likeness (QED) is 0.812. The molecular weight excluding hydrogens is 358 g/mol. The van der Waals surface area contributed by atoms with Crippen molar-refractivity contribution in [1.29, 1.82) is 0 Å². The number of pyridine rings is 1. The third-order valence-corrected chi connectivity index (χ3v) is 6.76. The molecule has 0 bridgehead atoms. The van der Waals surface area contributed by atoms with Gasteiger partial charge in [0.2, 0.25) is 11.8 Å². The molecule has 152 valence electrons. The molecule has 1 saturated heterocycles. The van der Waals surface area contributed by atoms with Crippen molar-refractivity contribution < 1.29 is 14.7 Å². The maximum Gasteiger partial charge on any atom is 0.250 e. The van der Waals surface area contributed by atoms with Gasteiger partial charge in [0.15, 0.2) is 0 Å². The first-order chi connectivity index (χ1) is 13.6. The molecule has 1 aromatic rings. The Morgan fingerprint density at radius 3 is 2.64 bits per heavy atom. The van der Waals surface area contributed by atoms with Crippen LogP contribution >= 0.6 is 0 Å². The normalized spacial score (nSPS) is 29.4. The molecule has 7 nitrogen and oxygen atoms in total. The van der Waals surface area contributed by atoms with Gasteiger partial charge in [-0.25, -0.2) is 0 Å². The van der Waals surface area contributed by atoms with Crippen LogP contribution in [0.5, 0.6) is 0 Å². The van der Waals surface area contributed by atoms with Crippen LogP contribution in [0.1, 0.15) is 57.2 Å². The molecule has 1 saturated carbocycles. The van der Waals surface area contributed by atoms with Gasteiger partial charge in [0.05, 0.1) is 6.04 Å². The summed E-state index contributed by atoms with van der Waals surface area (Å²) in [6.07, 6.45) is 5.64. The fourth-order valence-electron chi connectivity index (χ4n) is 5.43. The highest BCUT2D eigenvalue weighted by molar-refractivity contribution is 5.89. The van der Waals surface area contributed by atoms with E-state index in [1.165, 1.54) is 12.5 Å². The van der Waals surface area contributed by atoms with Crippen molar-refractivity contribution in [3.8, 4) is 0 Å². The average molecular weight is 387 g/mol. The lowest BCUT2D eigenvalue weighted by molar-refractivity contribution is -0.142. The minimum Gasteiger partial charge on any atom is -0.396 e. The molecule has 0 aromatic carbocycles. The number of aliphatic hydroxyl groups is 1. The van der Waals surface area contributed by atoms with Crippen molar-refractivity contribution >= 4 is 11.8 Å². The second-order valence-electron chi connectivity index (χ2n) is 8.30. The van der Waals surface area contributed by atoms with E-state index in [1.54, 1.807) is 22.5 Å². The summed E-state index contributed by atoms with van der Waals surface area (Å²) < 4.78 is 1.68. The van der Waals surface area contributed by atoms with Gasteiger partial charge < -0.3 is 19.9 Å². The van der Waals surface area contributed by atoms with Crippen molar-refractivity contribution in [2.75, 3.05) is 6.61 Å². The summed E-state index contributed by atoms with van der Waals surface area (Å²) in [5, 5.41) is 13.3. The van der Waals surface area contributed by atoms with E-state index in [4.69, 9.17) is 0 Å². The number of hydrogen-bond acceptors (Lipinski definition) is 4. The van der Waals surface area contributed by atoms with E-state index in [9.17, 15) is 19.5 Å². The first-order valence-corrected chi connectivity index (χ1v) is 10.5. The second kappa shape index (κ2) is 7.70.